The van der Waals surface area contributed by atoms with Crippen LogP contribution in [0.3, 0.4) is 0 Å². The summed E-state index contributed by atoms with van der Waals surface area (Å²) in [4.78, 5) is 16.2. The molecule has 19 heavy (non-hydrogen) atoms. The van der Waals surface area contributed by atoms with Crippen molar-refractivity contribution in [2.75, 3.05) is 4.72 Å². The minimum atomic E-state index is -3.32. The summed E-state index contributed by atoms with van der Waals surface area (Å²) in [7, 11) is -3.32. The van der Waals surface area contributed by atoms with Crippen LogP contribution in [0.25, 0.3) is 11.5 Å². The van der Waals surface area contributed by atoms with E-state index in [1.165, 1.54) is 24.7 Å². The predicted octanol–water partition coefficient (Wildman–Crippen LogP) is 0.838. The number of hydrogen-bond acceptors (Lipinski definition) is 6. The number of anilines is 1. The van der Waals surface area contributed by atoms with Gasteiger partial charge in [-0.1, -0.05) is 0 Å². The Morgan fingerprint density at radius 3 is 2.68 bits per heavy atom. The topological polar surface area (TPSA) is 97.7 Å². The lowest BCUT2D eigenvalue weighted by Gasteiger charge is -2.06. The molecular weight excluding hydrogens is 266 g/mol. The Hall–Kier alpha value is -2.09. The average molecular weight is 277 g/mol. The monoisotopic (exact) mass is 277 g/mol. The molecule has 1 N–H and O–H groups in total. The molecule has 0 radical (unpaired) electrons. The van der Waals surface area contributed by atoms with E-state index in [4.69, 9.17) is 0 Å². The summed E-state index contributed by atoms with van der Waals surface area (Å²) < 4.78 is 26.1. The average Bonchev–Trinajstić information content (AvgIpc) is 3.24. The van der Waals surface area contributed by atoms with Crippen LogP contribution >= 0.6 is 0 Å². The second-order valence-electron chi connectivity index (χ2n) is 4.20. The minimum absolute atomic E-state index is 0.252. The van der Waals surface area contributed by atoms with Gasteiger partial charge in [0.05, 0.1) is 11.4 Å². The van der Waals surface area contributed by atoms with Gasteiger partial charge in [0, 0.05) is 18.6 Å². The molecule has 2 aromatic rings. The third kappa shape index (κ3) is 2.68. The molecule has 3 rings (SSSR count). The van der Waals surface area contributed by atoms with Gasteiger partial charge < -0.3 is 0 Å². The molecule has 2 aromatic heterocycles. The van der Waals surface area contributed by atoms with Crippen molar-refractivity contribution in [3.63, 3.8) is 0 Å². The summed E-state index contributed by atoms with van der Waals surface area (Å²) in [5.74, 6) is 0.589. The first-order valence-electron chi connectivity index (χ1n) is 5.76. The van der Waals surface area contributed by atoms with E-state index in [1.54, 1.807) is 6.20 Å². The van der Waals surface area contributed by atoms with Gasteiger partial charge in [0.2, 0.25) is 10.0 Å². The Bertz CT molecular complexity index is 685. The van der Waals surface area contributed by atoms with Gasteiger partial charge in [-0.15, -0.1) is 0 Å². The van der Waals surface area contributed by atoms with E-state index in [0.29, 0.717) is 24.4 Å². The molecular formula is C11H11N5O2S. The summed E-state index contributed by atoms with van der Waals surface area (Å²) in [6.07, 6.45) is 7.49. The van der Waals surface area contributed by atoms with Crippen LogP contribution in [0.5, 0.6) is 0 Å². The zero-order chi connectivity index (χ0) is 13.3. The van der Waals surface area contributed by atoms with Crippen molar-refractivity contribution in [2.24, 2.45) is 0 Å². The highest BCUT2D eigenvalue weighted by molar-refractivity contribution is 7.93. The maximum absolute atomic E-state index is 11.8. The fourth-order valence-corrected chi connectivity index (χ4v) is 2.89. The van der Waals surface area contributed by atoms with Crippen molar-refractivity contribution >= 4 is 15.8 Å². The smallest absolute Gasteiger partial charge is 0.236 e. The number of nitrogens with zero attached hydrogens (tertiary/aromatic N) is 4. The number of nitrogens with one attached hydrogen (secondary N) is 1. The molecule has 0 bridgehead atoms. The first-order chi connectivity index (χ1) is 9.15. The quantitative estimate of drug-likeness (QED) is 0.889. The third-order valence-corrected chi connectivity index (χ3v) is 4.50. The van der Waals surface area contributed by atoms with Gasteiger partial charge in [-0.05, 0) is 18.9 Å². The molecule has 8 heteroatoms. The van der Waals surface area contributed by atoms with E-state index in [1.807, 2.05) is 0 Å². The molecule has 0 atom stereocenters. The second kappa shape index (κ2) is 4.54. The summed E-state index contributed by atoms with van der Waals surface area (Å²) >= 11 is 0. The maximum atomic E-state index is 11.8. The Balaban J connectivity index is 1.88. The highest BCUT2D eigenvalue weighted by Crippen LogP contribution is 2.29. The first-order valence-corrected chi connectivity index (χ1v) is 7.31. The van der Waals surface area contributed by atoms with Crippen molar-refractivity contribution in [1.29, 1.82) is 0 Å². The summed E-state index contributed by atoms with van der Waals surface area (Å²) in [6.45, 7) is 0. The molecule has 0 saturated heterocycles. The van der Waals surface area contributed by atoms with Gasteiger partial charge >= 0.3 is 0 Å². The number of hydrogen-bond donors (Lipinski definition) is 1. The first kappa shape index (κ1) is 12.0. The van der Waals surface area contributed by atoms with E-state index < -0.39 is 10.0 Å². The van der Waals surface area contributed by atoms with Crippen molar-refractivity contribution in [1.82, 2.24) is 19.9 Å². The fourth-order valence-electron chi connectivity index (χ4n) is 1.56. The molecule has 0 unspecified atom stereocenters. The Morgan fingerprint density at radius 2 is 2.00 bits per heavy atom. The predicted molar refractivity (Wildman–Crippen MR) is 68.6 cm³/mol. The lowest BCUT2D eigenvalue weighted by molar-refractivity contribution is 0.600. The van der Waals surface area contributed by atoms with E-state index in [0.717, 1.165) is 0 Å². The minimum Gasteiger partial charge on any atom is -0.267 e. The lowest BCUT2D eigenvalue weighted by atomic mass is 10.4. The molecule has 7 nitrogen and oxygen atoms in total. The van der Waals surface area contributed by atoms with Crippen LogP contribution in [0, 0.1) is 0 Å². The highest BCUT2D eigenvalue weighted by atomic mass is 32.2. The van der Waals surface area contributed by atoms with Crippen LogP contribution in [0.4, 0.5) is 5.82 Å². The Labute approximate surface area is 110 Å². The maximum Gasteiger partial charge on any atom is 0.236 e. The summed E-state index contributed by atoms with van der Waals surface area (Å²) in [5.41, 5.74) is 0.495. The molecule has 1 fully saturated rings. The van der Waals surface area contributed by atoms with Crippen LogP contribution in [-0.2, 0) is 10.0 Å². The van der Waals surface area contributed by atoms with Gasteiger partial charge in [0.15, 0.2) is 5.82 Å². The molecule has 0 aromatic carbocycles. The van der Waals surface area contributed by atoms with Crippen LogP contribution in [-0.4, -0.2) is 33.6 Å². The number of rotatable bonds is 4. The molecule has 98 valence electrons. The Morgan fingerprint density at radius 1 is 1.16 bits per heavy atom. The second-order valence-corrected chi connectivity index (χ2v) is 6.16. The van der Waals surface area contributed by atoms with Gasteiger partial charge in [0.1, 0.15) is 11.5 Å². The fraction of sp³-hybridized carbons (Fsp3) is 0.273. The number of sulfonamides is 1. The van der Waals surface area contributed by atoms with Crippen molar-refractivity contribution in [3.05, 3.63) is 30.9 Å². The van der Waals surface area contributed by atoms with Crippen LogP contribution in [0.1, 0.15) is 12.8 Å². The van der Waals surface area contributed by atoms with Crippen LogP contribution in [0.15, 0.2) is 30.9 Å². The van der Waals surface area contributed by atoms with Crippen molar-refractivity contribution in [3.8, 4) is 11.5 Å². The molecule has 0 spiro atoms. The molecule has 0 aliphatic heterocycles. The molecule has 1 aliphatic rings. The van der Waals surface area contributed by atoms with E-state index >= 15 is 0 Å². The largest absolute Gasteiger partial charge is 0.267 e. The van der Waals surface area contributed by atoms with Crippen LogP contribution in [0.2, 0.25) is 0 Å². The molecule has 1 aliphatic carbocycles. The molecule has 1 saturated carbocycles. The highest BCUT2D eigenvalue weighted by Gasteiger charge is 2.36. The van der Waals surface area contributed by atoms with Crippen molar-refractivity contribution in [2.45, 2.75) is 18.1 Å². The standard InChI is InChI=1S/C11H11N5O2S/c17-19(18,8-1-2-8)16-10-3-4-14-11(15-10)9-7-12-5-6-13-9/h3-8H,1-2H2,(H,14,15,16). The molecule has 0 amide bonds. The van der Waals surface area contributed by atoms with Gasteiger partial charge in [-0.2, -0.15) is 0 Å². The normalized spacial score (nSPS) is 15.2. The zero-order valence-corrected chi connectivity index (χ0v) is 10.7. The third-order valence-electron chi connectivity index (χ3n) is 2.66. The van der Waals surface area contributed by atoms with Crippen LogP contribution < -0.4 is 4.72 Å². The van der Waals surface area contributed by atoms with E-state index in [9.17, 15) is 8.42 Å². The lowest BCUT2D eigenvalue weighted by Crippen LogP contribution is -2.18. The summed E-state index contributed by atoms with van der Waals surface area (Å²) in [5, 5.41) is -0.289. The van der Waals surface area contributed by atoms with Gasteiger partial charge in [-0.3, -0.25) is 9.71 Å². The SMILES string of the molecule is O=S(=O)(Nc1ccnc(-c2cnccn2)n1)C1CC1. The van der Waals surface area contributed by atoms with E-state index in [-0.39, 0.29) is 11.1 Å². The summed E-state index contributed by atoms with van der Waals surface area (Å²) in [6, 6.07) is 1.51. The number of aromatic nitrogens is 4. The van der Waals surface area contributed by atoms with Gasteiger partial charge in [-0.25, -0.2) is 23.4 Å². The zero-order valence-electron chi connectivity index (χ0n) is 9.89. The molecule has 2 heterocycles. The van der Waals surface area contributed by atoms with Crippen molar-refractivity contribution < 1.29 is 8.42 Å². The Kier molecular flexibility index (Phi) is 2.86. The van der Waals surface area contributed by atoms with E-state index in [2.05, 4.69) is 24.7 Å². The van der Waals surface area contributed by atoms with Gasteiger partial charge in [0.25, 0.3) is 0 Å².